The molecule has 0 fully saturated rings. The number of hydrogen-bond donors (Lipinski definition) is 2. The lowest BCUT2D eigenvalue weighted by molar-refractivity contribution is 0.474. The summed E-state index contributed by atoms with van der Waals surface area (Å²) in [4.78, 5) is 0. The molecule has 0 aliphatic carbocycles. The lowest BCUT2D eigenvalue weighted by atomic mass is 10.1. The van der Waals surface area contributed by atoms with Crippen LogP contribution in [0.5, 0.6) is 5.75 Å². The van der Waals surface area contributed by atoms with Crippen LogP contribution in [0.3, 0.4) is 0 Å². The van der Waals surface area contributed by atoms with Crippen molar-refractivity contribution >= 4 is 0 Å². The Hall–Kier alpha value is -1.53. The number of nitriles is 1. The smallest absolute Gasteiger partial charge is 0.115 e. The average molecular weight is 204 g/mol. The topological polar surface area (TPSA) is 56.0 Å². The molecule has 0 aromatic heterocycles. The highest BCUT2D eigenvalue weighted by atomic mass is 16.3. The third kappa shape index (κ3) is 4.01. The predicted octanol–water partition coefficient (Wildman–Crippen LogP) is 1.83. The van der Waals surface area contributed by atoms with Gasteiger partial charge in [0, 0.05) is 6.54 Å². The Balaban J connectivity index is 2.39. The zero-order chi connectivity index (χ0) is 11.3. The molecule has 0 saturated heterocycles. The van der Waals surface area contributed by atoms with E-state index in [0.29, 0.717) is 0 Å². The number of aromatic hydroxyl groups is 1. The van der Waals surface area contributed by atoms with Crippen LogP contribution >= 0.6 is 0 Å². The van der Waals surface area contributed by atoms with Gasteiger partial charge in [0.05, 0.1) is 6.07 Å². The fourth-order valence-electron chi connectivity index (χ4n) is 1.22. The molecule has 0 atom stereocenters. The molecule has 2 N–H and O–H groups in total. The monoisotopic (exact) mass is 204 g/mol. The van der Waals surface area contributed by atoms with Gasteiger partial charge >= 0.3 is 0 Å². The molecule has 0 aliphatic rings. The third-order valence-electron chi connectivity index (χ3n) is 2.20. The summed E-state index contributed by atoms with van der Waals surface area (Å²) in [6.45, 7) is 4.46. The lowest BCUT2D eigenvalue weighted by Gasteiger charge is -2.17. The number of phenols is 1. The maximum absolute atomic E-state index is 9.09. The molecule has 1 aromatic rings. The van der Waals surface area contributed by atoms with Crippen molar-refractivity contribution in [3.05, 3.63) is 29.8 Å². The minimum Gasteiger partial charge on any atom is -0.508 e. The van der Waals surface area contributed by atoms with Gasteiger partial charge in [-0.1, -0.05) is 12.1 Å². The fourth-order valence-corrected chi connectivity index (χ4v) is 1.22. The maximum atomic E-state index is 9.09. The van der Waals surface area contributed by atoms with E-state index in [9.17, 15) is 0 Å². The normalized spacial score (nSPS) is 11.0. The van der Waals surface area contributed by atoms with Gasteiger partial charge in [-0.25, -0.2) is 0 Å². The van der Waals surface area contributed by atoms with Crippen LogP contribution in [0.15, 0.2) is 24.3 Å². The Kier molecular flexibility index (Phi) is 3.70. The zero-order valence-electron chi connectivity index (χ0n) is 9.12. The first kappa shape index (κ1) is 11.5. The molecule has 0 amide bonds. The molecule has 0 aliphatic heterocycles. The summed E-state index contributed by atoms with van der Waals surface area (Å²) in [5, 5.41) is 21.0. The number of phenolic OH excluding ortho intramolecular Hbond substituents is 1. The summed E-state index contributed by atoms with van der Waals surface area (Å²) in [7, 11) is 0. The van der Waals surface area contributed by atoms with Crippen molar-refractivity contribution in [1.29, 1.82) is 5.26 Å². The lowest BCUT2D eigenvalue weighted by Crippen LogP contribution is -2.38. The largest absolute Gasteiger partial charge is 0.508 e. The third-order valence-corrected chi connectivity index (χ3v) is 2.20. The molecule has 0 heterocycles. The number of benzene rings is 1. The van der Waals surface area contributed by atoms with E-state index in [2.05, 4.69) is 11.4 Å². The van der Waals surface area contributed by atoms with E-state index in [-0.39, 0.29) is 5.75 Å². The van der Waals surface area contributed by atoms with Crippen molar-refractivity contribution in [2.75, 3.05) is 6.54 Å². The van der Waals surface area contributed by atoms with E-state index in [0.717, 1.165) is 18.5 Å². The van der Waals surface area contributed by atoms with Crippen LogP contribution in [-0.2, 0) is 6.42 Å². The van der Waals surface area contributed by atoms with Crippen molar-refractivity contribution < 1.29 is 5.11 Å². The molecular weight excluding hydrogens is 188 g/mol. The molecule has 0 unspecified atom stereocenters. The summed E-state index contributed by atoms with van der Waals surface area (Å²) in [5.41, 5.74) is 0.672. The SMILES string of the molecule is CC(C)(C#N)NCCc1ccc(O)cc1. The van der Waals surface area contributed by atoms with Gasteiger partial charge in [-0.3, -0.25) is 5.32 Å². The van der Waals surface area contributed by atoms with E-state index in [1.165, 1.54) is 0 Å². The Morgan fingerprint density at radius 3 is 2.47 bits per heavy atom. The van der Waals surface area contributed by atoms with Crippen molar-refractivity contribution in [1.82, 2.24) is 5.32 Å². The Labute approximate surface area is 90.4 Å². The minimum absolute atomic E-state index is 0.282. The molecule has 3 heteroatoms. The maximum Gasteiger partial charge on any atom is 0.115 e. The standard InChI is InChI=1S/C12H16N2O/c1-12(2,9-13)14-8-7-10-3-5-11(15)6-4-10/h3-6,14-15H,7-8H2,1-2H3. The van der Waals surface area contributed by atoms with Gasteiger partial charge in [0.2, 0.25) is 0 Å². The second-order valence-electron chi connectivity index (χ2n) is 4.08. The van der Waals surface area contributed by atoms with Gasteiger partial charge in [0.25, 0.3) is 0 Å². The van der Waals surface area contributed by atoms with E-state index in [4.69, 9.17) is 10.4 Å². The first-order chi connectivity index (χ1) is 7.03. The Morgan fingerprint density at radius 1 is 1.33 bits per heavy atom. The quantitative estimate of drug-likeness (QED) is 0.786. The van der Waals surface area contributed by atoms with Crippen molar-refractivity contribution in [2.24, 2.45) is 0 Å². The van der Waals surface area contributed by atoms with Crippen molar-refractivity contribution in [2.45, 2.75) is 25.8 Å². The summed E-state index contributed by atoms with van der Waals surface area (Å²) in [5.74, 6) is 0.282. The van der Waals surface area contributed by atoms with Crippen LogP contribution in [0.1, 0.15) is 19.4 Å². The highest BCUT2D eigenvalue weighted by Crippen LogP contribution is 2.10. The van der Waals surface area contributed by atoms with Crippen LogP contribution in [0.25, 0.3) is 0 Å². The molecule has 0 saturated carbocycles. The molecule has 0 bridgehead atoms. The first-order valence-corrected chi connectivity index (χ1v) is 4.98. The van der Waals surface area contributed by atoms with Crippen LogP contribution in [0, 0.1) is 11.3 Å². The average Bonchev–Trinajstić information content (AvgIpc) is 2.21. The number of rotatable bonds is 4. The summed E-state index contributed by atoms with van der Waals surface area (Å²) >= 11 is 0. The summed E-state index contributed by atoms with van der Waals surface area (Å²) in [6, 6.07) is 9.30. The second-order valence-corrected chi connectivity index (χ2v) is 4.08. The predicted molar refractivity (Wildman–Crippen MR) is 59.5 cm³/mol. The fraction of sp³-hybridized carbons (Fsp3) is 0.417. The molecule has 0 spiro atoms. The van der Waals surface area contributed by atoms with Crippen LogP contribution in [-0.4, -0.2) is 17.2 Å². The molecule has 80 valence electrons. The molecule has 0 radical (unpaired) electrons. The molecule has 1 aromatic carbocycles. The van der Waals surface area contributed by atoms with Crippen LogP contribution in [0.4, 0.5) is 0 Å². The Morgan fingerprint density at radius 2 is 1.93 bits per heavy atom. The number of hydrogen-bond acceptors (Lipinski definition) is 3. The van der Waals surface area contributed by atoms with E-state index in [1.807, 2.05) is 26.0 Å². The highest BCUT2D eigenvalue weighted by molar-refractivity contribution is 5.26. The summed E-state index contributed by atoms with van der Waals surface area (Å²) < 4.78 is 0. The number of nitrogens with one attached hydrogen (secondary N) is 1. The highest BCUT2D eigenvalue weighted by Gasteiger charge is 2.13. The van der Waals surface area contributed by atoms with Crippen LogP contribution in [0.2, 0.25) is 0 Å². The van der Waals surface area contributed by atoms with Gasteiger partial charge in [-0.2, -0.15) is 5.26 Å². The van der Waals surface area contributed by atoms with E-state index < -0.39 is 5.54 Å². The van der Waals surface area contributed by atoms with Gasteiger partial charge in [0.15, 0.2) is 0 Å². The van der Waals surface area contributed by atoms with Crippen LogP contribution < -0.4 is 5.32 Å². The van der Waals surface area contributed by atoms with Gasteiger partial charge in [-0.05, 0) is 38.0 Å². The van der Waals surface area contributed by atoms with Gasteiger partial charge in [0.1, 0.15) is 11.3 Å². The van der Waals surface area contributed by atoms with E-state index >= 15 is 0 Å². The van der Waals surface area contributed by atoms with E-state index in [1.54, 1.807) is 12.1 Å². The Bertz CT molecular complexity index is 349. The van der Waals surface area contributed by atoms with Crippen molar-refractivity contribution in [3.63, 3.8) is 0 Å². The molecular formula is C12H16N2O. The molecule has 15 heavy (non-hydrogen) atoms. The summed E-state index contributed by atoms with van der Waals surface area (Å²) in [6.07, 6.45) is 0.853. The molecule has 3 nitrogen and oxygen atoms in total. The molecule has 1 rings (SSSR count). The van der Waals surface area contributed by atoms with Gasteiger partial charge in [-0.15, -0.1) is 0 Å². The van der Waals surface area contributed by atoms with Crippen molar-refractivity contribution in [3.8, 4) is 11.8 Å². The zero-order valence-corrected chi connectivity index (χ0v) is 9.12. The second kappa shape index (κ2) is 4.81. The minimum atomic E-state index is -0.475. The number of nitrogens with zero attached hydrogens (tertiary/aromatic N) is 1. The first-order valence-electron chi connectivity index (χ1n) is 4.98. The van der Waals surface area contributed by atoms with Gasteiger partial charge < -0.3 is 5.11 Å².